The Balaban J connectivity index is 1.45. The number of ether oxygens (including phenoxy) is 1. The number of likely N-dealkylation sites (tertiary alicyclic amines) is 1. The van der Waals surface area contributed by atoms with Gasteiger partial charge in [0.1, 0.15) is 11.6 Å². The lowest BCUT2D eigenvalue weighted by molar-refractivity contribution is -0.134. The first kappa shape index (κ1) is 20.9. The Morgan fingerprint density at radius 3 is 2.61 bits per heavy atom. The smallest absolute Gasteiger partial charge is 0.345 e. The van der Waals surface area contributed by atoms with Gasteiger partial charge in [-0.1, -0.05) is 48.0 Å². The van der Waals surface area contributed by atoms with E-state index >= 15 is 0 Å². The number of benzene rings is 2. The fourth-order valence-electron chi connectivity index (χ4n) is 4.03. The van der Waals surface area contributed by atoms with Crippen LogP contribution in [0.25, 0.3) is 0 Å². The Kier molecular flexibility index (Phi) is 6.21. The molecule has 7 heteroatoms. The fraction of sp³-hybridized carbons (Fsp3) is 0.375. The minimum absolute atomic E-state index is 0.00875. The fourth-order valence-corrected chi connectivity index (χ4v) is 4.03. The largest absolute Gasteiger partial charge is 0.484 e. The molecule has 1 aliphatic rings. The maximum absolute atomic E-state index is 12.8. The van der Waals surface area contributed by atoms with E-state index in [-0.39, 0.29) is 24.1 Å². The van der Waals surface area contributed by atoms with Crippen molar-refractivity contribution in [1.82, 2.24) is 19.2 Å². The monoisotopic (exact) mass is 420 g/mol. The molecule has 1 atom stereocenters. The molecule has 1 aromatic heterocycles. The van der Waals surface area contributed by atoms with Gasteiger partial charge in [0.2, 0.25) is 0 Å². The second-order valence-electron chi connectivity index (χ2n) is 8.12. The number of carbonyl (C=O) groups is 1. The molecule has 2 heterocycles. The van der Waals surface area contributed by atoms with E-state index in [9.17, 15) is 9.59 Å². The lowest BCUT2D eigenvalue weighted by atomic mass is 9.97. The summed E-state index contributed by atoms with van der Waals surface area (Å²) < 4.78 is 8.80. The van der Waals surface area contributed by atoms with Gasteiger partial charge in [-0.25, -0.2) is 9.48 Å². The third-order valence-corrected chi connectivity index (χ3v) is 5.74. The Hall–Kier alpha value is -3.35. The predicted octanol–water partition coefficient (Wildman–Crippen LogP) is 2.72. The summed E-state index contributed by atoms with van der Waals surface area (Å²) in [7, 11) is 1.68. The molecule has 162 valence electrons. The maximum Gasteiger partial charge on any atom is 0.345 e. The van der Waals surface area contributed by atoms with E-state index in [0.29, 0.717) is 25.4 Å². The van der Waals surface area contributed by atoms with Gasteiger partial charge in [-0.2, -0.15) is 5.10 Å². The first-order valence-electron chi connectivity index (χ1n) is 10.7. The highest BCUT2D eigenvalue weighted by atomic mass is 16.5. The van der Waals surface area contributed by atoms with E-state index < -0.39 is 0 Å². The second-order valence-corrected chi connectivity index (χ2v) is 8.12. The Bertz CT molecular complexity index is 1090. The summed E-state index contributed by atoms with van der Waals surface area (Å²) in [5, 5.41) is 4.52. The second kappa shape index (κ2) is 9.20. The van der Waals surface area contributed by atoms with Crippen LogP contribution in [-0.2, 0) is 18.4 Å². The molecule has 0 bridgehead atoms. The van der Waals surface area contributed by atoms with Crippen molar-refractivity contribution < 1.29 is 9.53 Å². The summed E-state index contributed by atoms with van der Waals surface area (Å²) in [5.74, 6) is 1.41. The quantitative estimate of drug-likeness (QED) is 0.615. The van der Waals surface area contributed by atoms with Gasteiger partial charge in [0, 0.05) is 26.1 Å². The summed E-state index contributed by atoms with van der Waals surface area (Å²) in [4.78, 5) is 27.3. The van der Waals surface area contributed by atoms with Crippen molar-refractivity contribution in [3.05, 3.63) is 82.0 Å². The summed E-state index contributed by atoms with van der Waals surface area (Å²) in [5.41, 5.74) is 2.06. The molecule has 1 saturated heterocycles. The van der Waals surface area contributed by atoms with Crippen LogP contribution >= 0.6 is 0 Å². The third-order valence-electron chi connectivity index (χ3n) is 5.74. The average molecular weight is 421 g/mol. The van der Waals surface area contributed by atoms with Crippen molar-refractivity contribution in [2.45, 2.75) is 32.2 Å². The Morgan fingerprint density at radius 1 is 1.13 bits per heavy atom. The van der Waals surface area contributed by atoms with Gasteiger partial charge >= 0.3 is 5.69 Å². The van der Waals surface area contributed by atoms with Gasteiger partial charge in [-0.15, -0.1) is 0 Å². The summed E-state index contributed by atoms with van der Waals surface area (Å²) in [6, 6.07) is 17.6. The van der Waals surface area contributed by atoms with Crippen LogP contribution < -0.4 is 10.4 Å². The summed E-state index contributed by atoms with van der Waals surface area (Å²) in [6.07, 6.45) is 1.77. The zero-order chi connectivity index (χ0) is 21.8. The molecule has 2 aromatic carbocycles. The highest BCUT2D eigenvalue weighted by Crippen LogP contribution is 2.25. The number of piperidine rings is 1. The summed E-state index contributed by atoms with van der Waals surface area (Å²) in [6.45, 7) is 3.74. The van der Waals surface area contributed by atoms with Crippen LogP contribution in [0.3, 0.4) is 0 Å². The van der Waals surface area contributed by atoms with Gasteiger partial charge in [0.25, 0.3) is 5.91 Å². The molecule has 0 aliphatic carbocycles. The number of hydrogen-bond acceptors (Lipinski definition) is 4. The molecule has 1 aliphatic heterocycles. The van der Waals surface area contributed by atoms with Crippen LogP contribution in [0.15, 0.2) is 59.4 Å². The van der Waals surface area contributed by atoms with Gasteiger partial charge < -0.3 is 9.64 Å². The molecular weight excluding hydrogens is 392 g/mol. The lowest BCUT2D eigenvalue weighted by Gasteiger charge is -2.32. The van der Waals surface area contributed by atoms with Gasteiger partial charge in [-0.3, -0.25) is 9.36 Å². The van der Waals surface area contributed by atoms with Crippen LogP contribution in [0.4, 0.5) is 0 Å². The minimum Gasteiger partial charge on any atom is -0.484 e. The van der Waals surface area contributed by atoms with Gasteiger partial charge in [0.15, 0.2) is 6.61 Å². The molecular formula is C24H28N4O3. The molecule has 1 fully saturated rings. The Labute approximate surface area is 181 Å². The molecule has 0 N–H and O–H groups in total. The predicted molar refractivity (Wildman–Crippen MR) is 118 cm³/mol. The average Bonchev–Trinajstić information content (AvgIpc) is 3.08. The molecule has 0 radical (unpaired) electrons. The zero-order valence-corrected chi connectivity index (χ0v) is 18.0. The first-order valence-corrected chi connectivity index (χ1v) is 10.7. The molecule has 3 aromatic rings. The molecule has 1 unspecified atom stereocenters. The van der Waals surface area contributed by atoms with E-state index in [4.69, 9.17) is 4.74 Å². The van der Waals surface area contributed by atoms with Crippen LogP contribution in [0, 0.1) is 6.92 Å². The number of aryl methyl sites for hydroxylation is 2. The van der Waals surface area contributed by atoms with Crippen molar-refractivity contribution in [2.75, 3.05) is 19.7 Å². The number of aromatic nitrogens is 3. The zero-order valence-electron chi connectivity index (χ0n) is 18.0. The topological polar surface area (TPSA) is 69.4 Å². The number of hydrogen-bond donors (Lipinski definition) is 0. The van der Waals surface area contributed by atoms with E-state index in [2.05, 4.69) is 5.10 Å². The van der Waals surface area contributed by atoms with Gasteiger partial charge in [0.05, 0.1) is 6.54 Å². The number of rotatable bonds is 6. The highest BCUT2D eigenvalue weighted by molar-refractivity contribution is 5.78. The maximum atomic E-state index is 12.8. The van der Waals surface area contributed by atoms with Crippen molar-refractivity contribution >= 4 is 5.91 Å². The van der Waals surface area contributed by atoms with E-state index in [1.54, 1.807) is 11.6 Å². The normalized spacial score (nSPS) is 16.3. The SMILES string of the molecule is Cc1ccc(OCC(=O)N2CCCC(c3nn(C)c(=O)n3Cc3ccccc3)C2)cc1. The summed E-state index contributed by atoms with van der Waals surface area (Å²) >= 11 is 0. The van der Waals surface area contributed by atoms with Gasteiger partial charge in [-0.05, 0) is 37.5 Å². The highest BCUT2D eigenvalue weighted by Gasteiger charge is 2.29. The van der Waals surface area contributed by atoms with E-state index in [1.807, 2.05) is 66.4 Å². The third kappa shape index (κ3) is 4.87. The van der Waals surface area contributed by atoms with Crippen LogP contribution in [0.5, 0.6) is 5.75 Å². The van der Waals surface area contributed by atoms with Crippen LogP contribution in [0.1, 0.15) is 35.7 Å². The molecule has 7 nitrogen and oxygen atoms in total. The minimum atomic E-state index is -0.134. The van der Waals surface area contributed by atoms with Crippen molar-refractivity contribution in [1.29, 1.82) is 0 Å². The van der Waals surface area contributed by atoms with E-state index in [1.165, 1.54) is 4.68 Å². The van der Waals surface area contributed by atoms with Crippen molar-refractivity contribution in [2.24, 2.45) is 7.05 Å². The lowest BCUT2D eigenvalue weighted by Crippen LogP contribution is -2.42. The van der Waals surface area contributed by atoms with Crippen molar-refractivity contribution in [3.8, 4) is 5.75 Å². The van der Waals surface area contributed by atoms with Crippen LogP contribution in [0.2, 0.25) is 0 Å². The molecule has 4 rings (SSSR count). The molecule has 1 amide bonds. The standard InChI is InChI=1S/C24H28N4O3/c1-18-10-12-21(13-11-18)31-17-22(29)27-14-6-9-20(16-27)23-25-26(2)24(30)28(23)15-19-7-4-3-5-8-19/h3-5,7-8,10-13,20H,6,9,14-17H2,1-2H3. The number of carbonyl (C=O) groups excluding carboxylic acids is 1. The Morgan fingerprint density at radius 2 is 1.87 bits per heavy atom. The number of amides is 1. The molecule has 31 heavy (non-hydrogen) atoms. The first-order chi connectivity index (χ1) is 15.0. The van der Waals surface area contributed by atoms with Crippen molar-refractivity contribution in [3.63, 3.8) is 0 Å². The molecule has 0 saturated carbocycles. The molecule has 0 spiro atoms. The van der Waals surface area contributed by atoms with E-state index in [0.717, 1.165) is 29.8 Å². The number of nitrogens with zero attached hydrogens (tertiary/aromatic N) is 4. The van der Waals surface area contributed by atoms with Crippen LogP contribution in [-0.4, -0.2) is 44.9 Å².